The molecule has 3 aromatic heterocycles. The fourth-order valence-electron chi connectivity index (χ4n) is 10.5. The molecule has 0 bridgehead atoms. The quantitative estimate of drug-likeness (QED) is 0.105. The number of carbonyl (C=O) groups is 4. The van der Waals surface area contributed by atoms with Crippen LogP contribution in [-0.4, -0.2) is 104 Å². The maximum atomic E-state index is 13.0. The molecule has 5 aliphatic heterocycles. The van der Waals surface area contributed by atoms with E-state index in [9.17, 15) is 19.2 Å². The molecule has 4 saturated heterocycles. The monoisotopic (exact) mass is 872 g/mol. The van der Waals surface area contributed by atoms with Crippen LogP contribution in [0.15, 0.2) is 91.5 Å². The number of nitrogens with two attached hydrogens (primary N) is 1. The third kappa shape index (κ3) is 7.48. The number of piperidine rings is 3. The molecule has 2 amide bonds. The van der Waals surface area contributed by atoms with Crippen LogP contribution in [-0.2, 0) is 25.7 Å². The number of hydrogen-bond donors (Lipinski definition) is 2. The molecule has 2 atom stereocenters. The van der Waals surface area contributed by atoms with Gasteiger partial charge in [-0.2, -0.15) is 5.10 Å². The average molecular weight is 873 g/mol. The van der Waals surface area contributed by atoms with Crippen LogP contribution in [0.2, 0.25) is 0 Å². The number of nitrogens with one attached hydrogen (secondary N) is 1. The largest absolute Gasteiger partial charge is 0.457 e. The number of rotatable bonds is 10. The number of ketones is 1. The number of aromatic nitrogens is 6. The number of para-hydroxylation sites is 1. The molecular weight excluding hydrogens is 825 g/mol. The first-order valence-electron chi connectivity index (χ1n) is 22.3. The molecule has 3 aromatic carbocycles. The molecule has 17 heteroatoms. The standard InChI is InChI=1S/C48H48N12O5/c49-44-41-42(30-7-10-36(11-8-30)65-35-4-2-1-3-5-35)55-60(45(41)53-29-52-44)32-14-18-56(19-15-32)34-23-50-47(51-24-34)57-20-16-48(17-21-57)27-58(28-48)33-9-6-31-25-59(38-12-13-40(63)54-46(38)64)43(37(31)22-33)39(62)26-61/h1-11,22-24,26,29,32,38,43H,12-21,25,27-28H2,(H2,49,52,53)(H,54,63,64). The van der Waals surface area contributed by atoms with Gasteiger partial charge >= 0.3 is 0 Å². The van der Waals surface area contributed by atoms with Crippen LogP contribution < -0.4 is 30.5 Å². The number of hydrogen-bond acceptors (Lipinski definition) is 15. The Morgan fingerprint density at radius 3 is 2.28 bits per heavy atom. The van der Waals surface area contributed by atoms with Gasteiger partial charge in [-0.15, -0.1) is 0 Å². The van der Waals surface area contributed by atoms with E-state index < -0.39 is 23.8 Å². The first-order chi connectivity index (χ1) is 31.7. The Labute approximate surface area is 374 Å². The Morgan fingerprint density at radius 2 is 1.55 bits per heavy atom. The number of carbonyl (C=O) groups excluding carboxylic acids is 4. The van der Waals surface area contributed by atoms with Gasteiger partial charge in [0.2, 0.25) is 23.5 Å². The van der Waals surface area contributed by atoms with Crippen molar-refractivity contribution in [2.24, 2.45) is 5.41 Å². The lowest BCUT2D eigenvalue weighted by Crippen LogP contribution is -2.60. The predicted octanol–water partition coefficient (Wildman–Crippen LogP) is 5.04. The number of aldehydes is 1. The lowest BCUT2D eigenvalue weighted by molar-refractivity contribution is -0.141. The molecule has 2 unspecified atom stereocenters. The van der Waals surface area contributed by atoms with Crippen molar-refractivity contribution < 1.29 is 23.9 Å². The summed E-state index contributed by atoms with van der Waals surface area (Å²) in [6.07, 6.45) is 9.99. The molecular formula is C48H48N12O5. The predicted molar refractivity (Wildman–Crippen MR) is 242 cm³/mol. The summed E-state index contributed by atoms with van der Waals surface area (Å²) in [5.41, 5.74) is 12.7. The summed E-state index contributed by atoms with van der Waals surface area (Å²) in [6.45, 7) is 5.51. The van der Waals surface area contributed by atoms with Gasteiger partial charge in [0.25, 0.3) is 0 Å². The molecule has 65 heavy (non-hydrogen) atoms. The van der Waals surface area contributed by atoms with Crippen molar-refractivity contribution in [2.75, 3.05) is 59.7 Å². The van der Waals surface area contributed by atoms with Gasteiger partial charge < -0.3 is 25.2 Å². The molecule has 5 aliphatic rings. The number of amides is 2. The average Bonchev–Trinajstić information content (AvgIpc) is 3.91. The van der Waals surface area contributed by atoms with Gasteiger partial charge in [-0.25, -0.2) is 24.6 Å². The summed E-state index contributed by atoms with van der Waals surface area (Å²) in [6, 6.07) is 22.3. The van der Waals surface area contributed by atoms with Crippen LogP contribution in [0.3, 0.4) is 0 Å². The number of nitrogen functional groups attached to an aromatic ring is 1. The highest BCUT2D eigenvalue weighted by atomic mass is 16.5. The van der Waals surface area contributed by atoms with Crippen molar-refractivity contribution in [1.82, 2.24) is 39.9 Å². The van der Waals surface area contributed by atoms with Crippen LogP contribution in [0, 0.1) is 5.41 Å². The molecule has 0 saturated carbocycles. The zero-order chi connectivity index (χ0) is 44.2. The minimum absolute atomic E-state index is 0.127. The van der Waals surface area contributed by atoms with E-state index >= 15 is 0 Å². The van der Waals surface area contributed by atoms with E-state index in [0.717, 1.165) is 127 Å². The summed E-state index contributed by atoms with van der Waals surface area (Å²) < 4.78 is 8.04. The first kappa shape index (κ1) is 40.5. The molecule has 1 spiro atoms. The van der Waals surface area contributed by atoms with E-state index in [-0.39, 0.29) is 23.8 Å². The second kappa shape index (κ2) is 16.4. The number of Topliss-reactive ketones (excluding diaryl/α,β-unsaturated/α-hetero) is 1. The minimum atomic E-state index is -0.840. The van der Waals surface area contributed by atoms with E-state index in [1.54, 1.807) is 4.90 Å². The molecule has 0 radical (unpaired) electrons. The van der Waals surface area contributed by atoms with Crippen molar-refractivity contribution in [3.63, 3.8) is 0 Å². The molecule has 6 aromatic rings. The zero-order valence-electron chi connectivity index (χ0n) is 35.8. The highest BCUT2D eigenvalue weighted by molar-refractivity contribution is 6.27. The number of fused-ring (bicyclic) bond motifs is 2. The first-order valence-corrected chi connectivity index (χ1v) is 22.3. The molecule has 330 valence electrons. The van der Waals surface area contributed by atoms with Gasteiger partial charge in [-0.05, 0) is 91.8 Å². The molecule has 8 heterocycles. The fourth-order valence-corrected chi connectivity index (χ4v) is 10.5. The molecule has 11 rings (SSSR count). The van der Waals surface area contributed by atoms with Crippen LogP contribution in [0.25, 0.3) is 22.3 Å². The fraction of sp³-hybridized carbons (Fsp3) is 0.354. The SMILES string of the molecule is Nc1ncnc2c1c(-c1ccc(Oc3ccccc3)cc1)nn2C1CCN(c2cnc(N3CCC4(CC3)CN(c3ccc5c(c3)C(C(=O)C=O)N(C3CCC(=O)NC3=O)C5)C4)nc2)CC1. The highest BCUT2D eigenvalue weighted by Gasteiger charge is 2.47. The Hall–Kier alpha value is -7.27. The Balaban J connectivity index is 0.697. The maximum absolute atomic E-state index is 13.0. The molecule has 4 fully saturated rings. The van der Waals surface area contributed by atoms with Crippen LogP contribution in [0.1, 0.15) is 61.7 Å². The van der Waals surface area contributed by atoms with Gasteiger partial charge in [0.1, 0.15) is 35.4 Å². The second-order valence-electron chi connectivity index (χ2n) is 17.9. The van der Waals surface area contributed by atoms with E-state index in [1.807, 2.05) is 83.8 Å². The molecule has 0 aliphatic carbocycles. The van der Waals surface area contributed by atoms with Gasteiger partial charge in [0.15, 0.2) is 11.9 Å². The molecule has 3 N–H and O–H groups in total. The Bertz CT molecular complexity index is 2790. The number of ether oxygens (including phenoxy) is 1. The summed E-state index contributed by atoms with van der Waals surface area (Å²) in [4.78, 5) is 76.7. The number of nitrogens with zero attached hydrogens (tertiary/aromatic N) is 10. The van der Waals surface area contributed by atoms with Crippen LogP contribution in [0.4, 0.5) is 23.1 Å². The Morgan fingerprint density at radius 1 is 0.815 bits per heavy atom. The maximum Gasteiger partial charge on any atom is 0.243 e. The normalized spacial score (nSPS) is 21.0. The van der Waals surface area contributed by atoms with Gasteiger partial charge in [-0.1, -0.05) is 24.3 Å². The topological polar surface area (TPSA) is 198 Å². The van der Waals surface area contributed by atoms with Crippen molar-refractivity contribution in [3.05, 3.63) is 103 Å². The minimum Gasteiger partial charge on any atom is -0.457 e. The summed E-state index contributed by atoms with van der Waals surface area (Å²) in [7, 11) is 0. The summed E-state index contributed by atoms with van der Waals surface area (Å²) >= 11 is 0. The van der Waals surface area contributed by atoms with Crippen LogP contribution >= 0.6 is 0 Å². The number of benzene rings is 3. The third-order valence-electron chi connectivity index (χ3n) is 14.1. The van der Waals surface area contributed by atoms with E-state index in [2.05, 4.69) is 36.1 Å². The van der Waals surface area contributed by atoms with E-state index in [1.165, 1.54) is 6.33 Å². The van der Waals surface area contributed by atoms with Gasteiger partial charge in [-0.3, -0.25) is 29.4 Å². The zero-order valence-corrected chi connectivity index (χ0v) is 35.8. The van der Waals surface area contributed by atoms with Crippen molar-refractivity contribution in [1.29, 1.82) is 0 Å². The number of imide groups is 1. The van der Waals surface area contributed by atoms with Crippen molar-refractivity contribution in [3.8, 4) is 22.8 Å². The van der Waals surface area contributed by atoms with Gasteiger partial charge in [0.05, 0.1) is 35.6 Å². The Kier molecular flexibility index (Phi) is 10.2. The molecule has 17 nitrogen and oxygen atoms in total. The number of anilines is 4. The van der Waals surface area contributed by atoms with E-state index in [4.69, 9.17) is 25.5 Å². The summed E-state index contributed by atoms with van der Waals surface area (Å²) in [5.74, 6) is 1.33. The van der Waals surface area contributed by atoms with Crippen molar-refractivity contribution in [2.45, 2.75) is 63.2 Å². The highest BCUT2D eigenvalue weighted by Crippen LogP contribution is 2.46. The summed E-state index contributed by atoms with van der Waals surface area (Å²) in [5, 5.41) is 8.24. The smallest absolute Gasteiger partial charge is 0.243 e. The second-order valence-corrected chi connectivity index (χ2v) is 17.9. The lowest BCUT2D eigenvalue weighted by Gasteiger charge is -2.55. The third-order valence-corrected chi connectivity index (χ3v) is 14.1. The van der Waals surface area contributed by atoms with Crippen LogP contribution in [0.5, 0.6) is 11.5 Å². The lowest BCUT2D eigenvalue weighted by atomic mass is 9.71. The van der Waals surface area contributed by atoms with Crippen molar-refractivity contribution >= 4 is 58.1 Å². The van der Waals surface area contributed by atoms with E-state index in [0.29, 0.717) is 25.1 Å². The van der Waals surface area contributed by atoms with Gasteiger partial charge in [0, 0.05) is 68.9 Å².